The molecule has 2 aromatic heterocycles. The molecule has 2 N–H and O–H groups in total. The van der Waals surface area contributed by atoms with Crippen LogP contribution in [-0.4, -0.2) is 64.6 Å². The van der Waals surface area contributed by atoms with Gasteiger partial charge in [0.05, 0.1) is 48.6 Å². The van der Waals surface area contributed by atoms with Gasteiger partial charge in [0.2, 0.25) is 0 Å². The Morgan fingerprint density at radius 3 is 2.93 bits per heavy atom. The van der Waals surface area contributed by atoms with Gasteiger partial charge in [-0.05, 0) is 6.07 Å². The third kappa shape index (κ3) is 3.45. The van der Waals surface area contributed by atoms with Crippen molar-refractivity contribution in [2.45, 2.75) is 12.5 Å². The SMILES string of the molecule is O=C(Nc1cc2c(cc1N1CCOCC1)OC(CO)C2)c1cnn2cc(Cl)cnc12. The van der Waals surface area contributed by atoms with Crippen molar-refractivity contribution in [3.63, 3.8) is 0 Å². The Bertz CT molecular complexity index is 1110. The second-order valence-electron chi connectivity index (χ2n) is 7.26. The zero-order valence-electron chi connectivity index (χ0n) is 16.0. The van der Waals surface area contributed by atoms with Gasteiger partial charge >= 0.3 is 0 Å². The second kappa shape index (κ2) is 7.75. The van der Waals surface area contributed by atoms with E-state index in [4.69, 9.17) is 21.1 Å². The van der Waals surface area contributed by atoms with Crippen LogP contribution in [0.15, 0.2) is 30.7 Å². The summed E-state index contributed by atoms with van der Waals surface area (Å²) < 4.78 is 12.8. The van der Waals surface area contributed by atoms with Gasteiger partial charge in [-0.15, -0.1) is 0 Å². The van der Waals surface area contributed by atoms with Crippen LogP contribution in [0.2, 0.25) is 5.02 Å². The van der Waals surface area contributed by atoms with E-state index in [2.05, 4.69) is 20.3 Å². The number of hydrogen-bond acceptors (Lipinski definition) is 7. The number of nitrogens with one attached hydrogen (secondary N) is 1. The lowest BCUT2D eigenvalue weighted by molar-refractivity contribution is 0.102. The van der Waals surface area contributed by atoms with Gasteiger partial charge in [-0.1, -0.05) is 11.6 Å². The minimum absolute atomic E-state index is 0.0557. The van der Waals surface area contributed by atoms with Crippen LogP contribution < -0.4 is 15.0 Å². The number of anilines is 2. The van der Waals surface area contributed by atoms with E-state index in [0.29, 0.717) is 54.6 Å². The first-order valence-corrected chi connectivity index (χ1v) is 10.1. The Balaban J connectivity index is 1.50. The molecule has 0 aliphatic carbocycles. The Labute approximate surface area is 177 Å². The summed E-state index contributed by atoms with van der Waals surface area (Å²) in [5, 5.41) is 17.1. The van der Waals surface area contributed by atoms with E-state index < -0.39 is 0 Å². The molecular weight excluding hydrogens is 410 g/mol. The Morgan fingerprint density at radius 2 is 2.13 bits per heavy atom. The predicted octanol–water partition coefficient (Wildman–Crippen LogP) is 1.77. The van der Waals surface area contributed by atoms with Gasteiger partial charge in [0.25, 0.3) is 5.91 Å². The summed E-state index contributed by atoms with van der Waals surface area (Å²) in [4.78, 5) is 19.5. The van der Waals surface area contributed by atoms with E-state index >= 15 is 0 Å². The highest BCUT2D eigenvalue weighted by atomic mass is 35.5. The molecule has 9 nitrogen and oxygen atoms in total. The zero-order valence-corrected chi connectivity index (χ0v) is 16.8. The van der Waals surface area contributed by atoms with E-state index in [9.17, 15) is 9.90 Å². The smallest absolute Gasteiger partial charge is 0.261 e. The van der Waals surface area contributed by atoms with Crippen LogP contribution in [0.4, 0.5) is 11.4 Å². The van der Waals surface area contributed by atoms with Crippen molar-refractivity contribution in [1.29, 1.82) is 0 Å². The fourth-order valence-corrected chi connectivity index (χ4v) is 3.96. The van der Waals surface area contributed by atoms with Gasteiger partial charge in [0.1, 0.15) is 17.4 Å². The monoisotopic (exact) mass is 429 g/mol. The highest BCUT2D eigenvalue weighted by molar-refractivity contribution is 6.30. The maximum absolute atomic E-state index is 13.1. The van der Waals surface area contributed by atoms with E-state index in [1.165, 1.54) is 16.9 Å². The van der Waals surface area contributed by atoms with E-state index in [1.807, 2.05) is 12.1 Å². The molecule has 1 fully saturated rings. The Kier molecular flexibility index (Phi) is 4.93. The standard InChI is InChI=1S/C20H20ClN5O4/c21-13-8-22-19-15(9-23-26(19)10-13)20(28)24-16-6-12-5-14(11-27)30-18(12)7-17(16)25-1-3-29-4-2-25/h6-10,14,27H,1-5,11H2,(H,24,28). The molecule has 0 saturated carbocycles. The fraction of sp³-hybridized carbons (Fsp3) is 0.350. The molecule has 1 amide bonds. The molecule has 5 rings (SSSR count). The number of aromatic nitrogens is 3. The van der Waals surface area contributed by atoms with Crippen molar-refractivity contribution < 1.29 is 19.4 Å². The summed E-state index contributed by atoms with van der Waals surface area (Å²) in [7, 11) is 0. The molecule has 3 aromatic rings. The molecule has 30 heavy (non-hydrogen) atoms. The average molecular weight is 430 g/mol. The minimum atomic E-state index is -0.313. The fourth-order valence-electron chi connectivity index (χ4n) is 3.82. The molecule has 1 aromatic carbocycles. The molecule has 4 heterocycles. The van der Waals surface area contributed by atoms with Crippen LogP contribution in [-0.2, 0) is 11.2 Å². The first-order valence-electron chi connectivity index (χ1n) is 9.70. The highest BCUT2D eigenvalue weighted by Crippen LogP contribution is 2.39. The molecule has 1 saturated heterocycles. The van der Waals surface area contributed by atoms with Crippen LogP contribution in [0.5, 0.6) is 5.75 Å². The maximum Gasteiger partial charge on any atom is 0.261 e. The number of amides is 1. The summed E-state index contributed by atoms with van der Waals surface area (Å²) >= 11 is 5.95. The molecule has 0 radical (unpaired) electrons. The van der Waals surface area contributed by atoms with Crippen molar-refractivity contribution in [2.24, 2.45) is 0 Å². The lowest BCUT2D eigenvalue weighted by atomic mass is 10.1. The van der Waals surface area contributed by atoms with Crippen molar-refractivity contribution in [3.05, 3.63) is 46.9 Å². The number of ether oxygens (including phenoxy) is 2. The first kappa shape index (κ1) is 19.1. The largest absolute Gasteiger partial charge is 0.487 e. The number of rotatable bonds is 4. The van der Waals surface area contributed by atoms with Gasteiger partial charge in [0, 0.05) is 37.3 Å². The number of hydrogen-bond donors (Lipinski definition) is 2. The van der Waals surface area contributed by atoms with Gasteiger partial charge in [-0.3, -0.25) is 4.79 Å². The molecule has 0 bridgehead atoms. The van der Waals surface area contributed by atoms with Crippen molar-refractivity contribution >= 4 is 34.5 Å². The summed E-state index contributed by atoms with van der Waals surface area (Å²) in [6.07, 6.45) is 4.88. The molecule has 2 aliphatic rings. The number of carbonyl (C=O) groups excluding carboxylic acids is 1. The van der Waals surface area contributed by atoms with Crippen LogP contribution in [0.25, 0.3) is 5.65 Å². The van der Waals surface area contributed by atoms with E-state index in [-0.39, 0.29) is 18.6 Å². The molecule has 1 unspecified atom stereocenters. The van der Waals surface area contributed by atoms with Crippen molar-refractivity contribution in [3.8, 4) is 5.75 Å². The van der Waals surface area contributed by atoms with Gasteiger partial charge in [-0.25, -0.2) is 9.50 Å². The third-order valence-corrected chi connectivity index (χ3v) is 5.49. The summed E-state index contributed by atoms with van der Waals surface area (Å²) in [5.41, 5.74) is 3.26. The molecule has 0 spiro atoms. The second-order valence-corrected chi connectivity index (χ2v) is 7.69. The first-order chi connectivity index (χ1) is 14.6. The highest BCUT2D eigenvalue weighted by Gasteiger charge is 2.27. The Hall–Kier alpha value is -2.88. The lowest BCUT2D eigenvalue weighted by Gasteiger charge is -2.31. The summed E-state index contributed by atoms with van der Waals surface area (Å²) in [5.74, 6) is 0.424. The summed E-state index contributed by atoms with van der Waals surface area (Å²) in [6.45, 7) is 2.59. The lowest BCUT2D eigenvalue weighted by Crippen LogP contribution is -2.36. The normalized spacial score (nSPS) is 18.3. The third-order valence-electron chi connectivity index (χ3n) is 5.29. The van der Waals surface area contributed by atoms with Gasteiger partial charge in [0.15, 0.2) is 5.65 Å². The number of morpholine rings is 1. The quantitative estimate of drug-likeness (QED) is 0.651. The van der Waals surface area contributed by atoms with Crippen LogP contribution in [0.1, 0.15) is 15.9 Å². The minimum Gasteiger partial charge on any atom is -0.487 e. The molecular formula is C20H20ClN5O4. The van der Waals surface area contributed by atoms with E-state index in [0.717, 1.165) is 17.0 Å². The number of halogens is 1. The maximum atomic E-state index is 13.1. The Morgan fingerprint density at radius 1 is 1.30 bits per heavy atom. The number of benzene rings is 1. The predicted molar refractivity (Wildman–Crippen MR) is 111 cm³/mol. The number of fused-ring (bicyclic) bond motifs is 2. The topological polar surface area (TPSA) is 101 Å². The molecule has 2 aliphatic heterocycles. The average Bonchev–Trinajstić information content (AvgIpc) is 3.36. The van der Waals surface area contributed by atoms with Gasteiger partial charge in [-0.2, -0.15) is 5.10 Å². The van der Waals surface area contributed by atoms with Crippen molar-refractivity contribution in [1.82, 2.24) is 14.6 Å². The molecule has 156 valence electrons. The number of nitrogens with zero attached hydrogens (tertiary/aromatic N) is 4. The number of aliphatic hydroxyl groups excluding tert-OH is 1. The van der Waals surface area contributed by atoms with E-state index in [1.54, 1.807) is 6.20 Å². The van der Waals surface area contributed by atoms with Crippen LogP contribution >= 0.6 is 11.6 Å². The number of carbonyl (C=O) groups is 1. The van der Waals surface area contributed by atoms with Crippen LogP contribution in [0.3, 0.4) is 0 Å². The zero-order chi connectivity index (χ0) is 20.7. The number of aliphatic hydroxyl groups is 1. The molecule has 1 atom stereocenters. The van der Waals surface area contributed by atoms with Crippen LogP contribution in [0, 0.1) is 0 Å². The summed E-state index contributed by atoms with van der Waals surface area (Å²) in [6, 6.07) is 3.85. The van der Waals surface area contributed by atoms with Gasteiger partial charge < -0.3 is 24.8 Å². The molecule has 10 heteroatoms. The van der Waals surface area contributed by atoms with Crippen molar-refractivity contribution in [2.75, 3.05) is 43.1 Å².